The third-order valence-corrected chi connectivity index (χ3v) is 8.24. The first-order valence-electron chi connectivity index (χ1n) is 12.2. The lowest BCUT2D eigenvalue weighted by molar-refractivity contribution is 0.0747. The van der Waals surface area contributed by atoms with Gasteiger partial charge in [-0.05, 0) is 60.7 Å². The van der Waals surface area contributed by atoms with Crippen molar-refractivity contribution in [2.24, 2.45) is 0 Å². The fraction of sp³-hybridized carbons (Fsp3) is 0.172. The molecule has 1 aliphatic rings. The average molecular weight is 513 g/mol. The Kier molecular flexibility index (Phi) is 7.18. The molecule has 1 saturated heterocycles. The number of hydrogen-bond donors (Lipinski definition) is 0. The van der Waals surface area contributed by atoms with Gasteiger partial charge in [0.05, 0.1) is 22.8 Å². The van der Waals surface area contributed by atoms with Crippen molar-refractivity contribution in [3.05, 3.63) is 121 Å². The number of benzene rings is 3. The molecule has 0 unspecified atom stereocenters. The van der Waals surface area contributed by atoms with Crippen LogP contribution >= 0.6 is 0 Å². The largest absolute Gasteiger partial charge is 0.368 e. The molecule has 7 nitrogen and oxygen atoms in total. The van der Waals surface area contributed by atoms with E-state index in [2.05, 4.69) is 22.0 Å². The lowest BCUT2D eigenvalue weighted by Gasteiger charge is -2.36. The molecule has 5 rings (SSSR count). The maximum absolute atomic E-state index is 13.6. The minimum atomic E-state index is -3.85. The van der Waals surface area contributed by atoms with E-state index >= 15 is 0 Å². The van der Waals surface area contributed by atoms with Crippen LogP contribution in [0.25, 0.3) is 0 Å². The number of para-hydroxylation sites is 1. The van der Waals surface area contributed by atoms with Gasteiger partial charge in [0.25, 0.3) is 15.9 Å². The van der Waals surface area contributed by atoms with Crippen LogP contribution in [0.4, 0.5) is 11.4 Å². The molecule has 37 heavy (non-hydrogen) atoms. The number of carbonyl (C=O) groups is 1. The third-order valence-electron chi connectivity index (χ3n) is 6.45. The minimum absolute atomic E-state index is 0.0542. The van der Waals surface area contributed by atoms with Crippen LogP contribution in [-0.2, 0) is 16.6 Å². The van der Waals surface area contributed by atoms with E-state index in [1.807, 2.05) is 29.2 Å². The van der Waals surface area contributed by atoms with Crippen LogP contribution in [0, 0.1) is 0 Å². The standard InChI is InChI=1S/C29H28N4O3S/c34-29(32-21-19-31(20-22-32)26-10-3-1-4-11-26)24-14-16-27(17-15-24)33(23-25-9-7-8-18-30-25)37(35,36)28-12-5-2-6-13-28/h1-18H,19-23H2. The highest BCUT2D eigenvalue weighted by atomic mass is 32.2. The van der Waals surface area contributed by atoms with Crippen LogP contribution in [0.15, 0.2) is 114 Å². The second-order valence-corrected chi connectivity index (χ2v) is 10.7. The molecular weight excluding hydrogens is 484 g/mol. The van der Waals surface area contributed by atoms with Crippen molar-refractivity contribution >= 4 is 27.3 Å². The van der Waals surface area contributed by atoms with Crippen molar-refractivity contribution in [3.63, 3.8) is 0 Å². The average Bonchev–Trinajstić information content (AvgIpc) is 2.97. The molecule has 8 heteroatoms. The zero-order valence-electron chi connectivity index (χ0n) is 20.3. The van der Waals surface area contributed by atoms with Gasteiger partial charge >= 0.3 is 0 Å². The molecule has 0 bridgehead atoms. The number of sulfonamides is 1. The quantitative estimate of drug-likeness (QED) is 0.366. The van der Waals surface area contributed by atoms with Crippen LogP contribution < -0.4 is 9.21 Å². The van der Waals surface area contributed by atoms with Crippen LogP contribution in [0.5, 0.6) is 0 Å². The van der Waals surface area contributed by atoms with Crippen LogP contribution in [0.3, 0.4) is 0 Å². The van der Waals surface area contributed by atoms with Gasteiger partial charge in [0, 0.05) is 43.6 Å². The Morgan fingerprint density at radius 1 is 0.757 bits per heavy atom. The summed E-state index contributed by atoms with van der Waals surface area (Å²) >= 11 is 0. The Hall–Kier alpha value is -4.17. The van der Waals surface area contributed by atoms with E-state index in [1.165, 1.54) is 4.31 Å². The summed E-state index contributed by atoms with van der Waals surface area (Å²) in [6.07, 6.45) is 1.64. The van der Waals surface area contributed by atoms with E-state index in [4.69, 9.17) is 0 Å². The highest BCUT2D eigenvalue weighted by Crippen LogP contribution is 2.26. The van der Waals surface area contributed by atoms with Gasteiger partial charge in [-0.3, -0.25) is 14.1 Å². The normalized spacial score (nSPS) is 13.8. The molecule has 0 N–H and O–H groups in total. The summed E-state index contributed by atoms with van der Waals surface area (Å²) in [5.41, 5.74) is 2.79. The van der Waals surface area contributed by atoms with Gasteiger partial charge in [-0.2, -0.15) is 0 Å². The molecule has 1 fully saturated rings. The van der Waals surface area contributed by atoms with Gasteiger partial charge in [-0.1, -0.05) is 42.5 Å². The van der Waals surface area contributed by atoms with E-state index in [9.17, 15) is 13.2 Å². The van der Waals surface area contributed by atoms with Crippen molar-refractivity contribution in [3.8, 4) is 0 Å². The van der Waals surface area contributed by atoms with Crippen molar-refractivity contribution in [2.45, 2.75) is 11.4 Å². The first kappa shape index (κ1) is 24.5. The second-order valence-electron chi connectivity index (χ2n) is 8.81. The molecule has 0 saturated carbocycles. The molecule has 3 aromatic carbocycles. The number of nitrogens with zero attached hydrogens (tertiary/aromatic N) is 4. The predicted octanol–water partition coefficient (Wildman–Crippen LogP) is 4.44. The molecular formula is C29H28N4O3S. The number of rotatable bonds is 7. The molecule has 0 spiro atoms. The molecule has 1 amide bonds. The maximum atomic E-state index is 13.6. The number of anilines is 2. The summed E-state index contributed by atoms with van der Waals surface area (Å²) in [5, 5.41) is 0. The summed E-state index contributed by atoms with van der Waals surface area (Å²) in [6, 6.07) is 30.7. The molecule has 1 aromatic heterocycles. The van der Waals surface area contributed by atoms with Crippen LogP contribution in [-0.4, -0.2) is 50.4 Å². The lowest BCUT2D eigenvalue weighted by atomic mass is 10.1. The van der Waals surface area contributed by atoms with E-state index in [-0.39, 0.29) is 17.3 Å². The van der Waals surface area contributed by atoms with Gasteiger partial charge in [0.2, 0.25) is 0 Å². The Bertz CT molecular complexity index is 1420. The number of amides is 1. The topological polar surface area (TPSA) is 73.8 Å². The molecule has 0 atom stereocenters. The molecule has 0 aliphatic carbocycles. The van der Waals surface area contributed by atoms with Crippen molar-refractivity contribution in [1.82, 2.24) is 9.88 Å². The SMILES string of the molecule is O=C(c1ccc(N(Cc2ccccn2)S(=O)(=O)c2ccccc2)cc1)N1CCN(c2ccccc2)CC1. The summed E-state index contributed by atoms with van der Waals surface area (Å²) in [5.74, 6) is -0.0542. The minimum Gasteiger partial charge on any atom is -0.368 e. The van der Waals surface area contributed by atoms with E-state index in [0.717, 1.165) is 18.8 Å². The number of hydrogen-bond acceptors (Lipinski definition) is 5. The van der Waals surface area contributed by atoms with Gasteiger partial charge in [0.15, 0.2) is 0 Å². The van der Waals surface area contributed by atoms with Crippen LogP contribution in [0.2, 0.25) is 0 Å². The fourth-order valence-corrected chi connectivity index (χ4v) is 5.89. The first-order valence-corrected chi connectivity index (χ1v) is 13.6. The highest BCUT2D eigenvalue weighted by Gasteiger charge is 2.27. The Balaban J connectivity index is 1.34. The van der Waals surface area contributed by atoms with Gasteiger partial charge in [0.1, 0.15) is 0 Å². The van der Waals surface area contributed by atoms with Gasteiger partial charge < -0.3 is 9.80 Å². The zero-order chi connectivity index (χ0) is 25.7. The zero-order valence-corrected chi connectivity index (χ0v) is 21.2. The van der Waals surface area contributed by atoms with Gasteiger partial charge in [-0.25, -0.2) is 8.42 Å². The van der Waals surface area contributed by atoms with Crippen molar-refractivity contribution in [2.75, 3.05) is 35.4 Å². The summed E-state index contributed by atoms with van der Waals surface area (Å²) < 4.78 is 28.5. The van der Waals surface area contributed by atoms with E-state index in [1.54, 1.807) is 72.9 Å². The summed E-state index contributed by atoms with van der Waals surface area (Å²) in [7, 11) is -3.85. The monoisotopic (exact) mass is 512 g/mol. The van der Waals surface area contributed by atoms with Crippen molar-refractivity contribution < 1.29 is 13.2 Å². The molecule has 1 aliphatic heterocycles. The van der Waals surface area contributed by atoms with Crippen molar-refractivity contribution in [1.29, 1.82) is 0 Å². The predicted molar refractivity (Wildman–Crippen MR) is 145 cm³/mol. The molecule has 2 heterocycles. The van der Waals surface area contributed by atoms with E-state index in [0.29, 0.717) is 30.0 Å². The first-order chi connectivity index (χ1) is 18.0. The fourth-order valence-electron chi connectivity index (χ4n) is 4.43. The number of carbonyl (C=O) groups excluding carboxylic acids is 1. The maximum Gasteiger partial charge on any atom is 0.264 e. The molecule has 4 aromatic rings. The lowest BCUT2D eigenvalue weighted by Crippen LogP contribution is -2.48. The van der Waals surface area contributed by atoms with E-state index < -0.39 is 10.0 Å². The smallest absolute Gasteiger partial charge is 0.264 e. The Morgan fingerprint density at radius 3 is 2.00 bits per heavy atom. The highest BCUT2D eigenvalue weighted by molar-refractivity contribution is 7.92. The number of aromatic nitrogens is 1. The number of piperazine rings is 1. The third kappa shape index (κ3) is 5.49. The number of pyridine rings is 1. The summed E-state index contributed by atoms with van der Waals surface area (Å²) in [4.78, 5) is 21.8. The van der Waals surface area contributed by atoms with Gasteiger partial charge in [-0.15, -0.1) is 0 Å². The Labute approximate surface area is 217 Å². The van der Waals surface area contributed by atoms with Crippen LogP contribution in [0.1, 0.15) is 16.1 Å². The molecule has 188 valence electrons. The summed E-state index contributed by atoms with van der Waals surface area (Å²) in [6.45, 7) is 2.86. The Morgan fingerprint density at radius 2 is 1.38 bits per heavy atom. The molecule has 0 radical (unpaired) electrons. The second kappa shape index (κ2) is 10.8.